The highest BCUT2D eigenvalue weighted by Gasteiger charge is 2.19. The molecule has 1 fully saturated rings. The van der Waals surface area contributed by atoms with Gasteiger partial charge in [-0.25, -0.2) is 0 Å². The summed E-state index contributed by atoms with van der Waals surface area (Å²) in [5, 5.41) is 10.7. The second-order valence-electron chi connectivity index (χ2n) is 4.02. The number of hydrogen-bond donors (Lipinski definition) is 0. The first-order valence-electron chi connectivity index (χ1n) is 5.77. The maximum Gasteiger partial charge on any atom is 0.273 e. The highest BCUT2D eigenvalue weighted by Crippen LogP contribution is 2.32. The summed E-state index contributed by atoms with van der Waals surface area (Å²) in [5.41, 5.74) is -0.00198. The van der Waals surface area contributed by atoms with Gasteiger partial charge < -0.3 is 14.2 Å². The number of nitrogens with zero attached hydrogens (tertiary/aromatic N) is 1. The summed E-state index contributed by atoms with van der Waals surface area (Å²) < 4.78 is 16.1. The lowest BCUT2D eigenvalue weighted by Crippen LogP contribution is -2.26. The Bertz CT molecular complexity index is 428. The SMILES string of the molecule is COc1ccc([N+](=O)[O-])cc1OC1CCOCC1. The first kappa shape index (κ1) is 12.6. The van der Waals surface area contributed by atoms with E-state index in [9.17, 15) is 10.1 Å². The van der Waals surface area contributed by atoms with Crippen LogP contribution in [-0.4, -0.2) is 31.4 Å². The van der Waals surface area contributed by atoms with Crippen LogP contribution in [-0.2, 0) is 4.74 Å². The molecule has 0 radical (unpaired) electrons. The van der Waals surface area contributed by atoms with Crippen LogP contribution in [0.4, 0.5) is 5.69 Å². The fourth-order valence-electron chi connectivity index (χ4n) is 1.84. The molecule has 1 heterocycles. The number of benzene rings is 1. The molecule has 98 valence electrons. The second kappa shape index (κ2) is 5.68. The Labute approximate surface area is 105 Å². The number of hydrogen-bond acceptors (Lipinski definition) is 5. The zero-order chi connectivity index (χ0) is 13.0. The molecule has 1 aromatic rings. The molecule has 2 rings (SSSR count). The van der Waals surface area contributed by atoms with E-state index in [2.05, 4.69) is 0 Å². The molecule has 18 heavy (non-hydrogen) atoms. The maximum atomic E-state index is 10.7. The summed E-state index contributed by atoms with van der Waals surface area (Å²) in [7, 11) is 1.51. The van der Waals surface area contributed by atoms with Crippen LogP contribution in [0.1, 0.15) is 12.8 Å². The van der Waals surface area contributed by atoms with Crippen LogP contribution in [0.5, 0.6) is 11.5 Å². The average molecular weight is 253 g/mol. The third-order valence-electron chi connectivity index (χ3n) is 2.82. The summed E-state index contributed by atoms with van der Waals surface area (Å²) in [6.45, 7) is 1.31. The standard InChI is InChI=1S/C12H15NO5/c1-16-11-3-2-9(13(14)15)8-12(11)18-10-4-6-17-7-5-10/h2-3,8,10H,4-7H2,1H3. The van der Waals surface area contributed by atoms with Gasteiger partial charge in [-0.3, -0.25) is 10.1 Å². The fourth-order valence-corrected chi connectivity index (χ4v) is 1.84. The lowest BCUT2D eigenvalue weighted by atomic mass is 10.1. The Morgan fingerprint density at radius 1 is 1.33 bits per heavy atom. The van der Waals surface area contributed by atoms with Gasteiger partial charge >= 0.3 is 0 Å². The van der Waals surface area contributed by atoms with Crippen LogP contribution < -0.4 is 9.47 Å². The van der Waals surface area contributed by atoms with Crippen LogP contribution >= 0.6 is 0 Å². The molecule has 0 atom stereocenters. The van der Waals surface area contributed by atoms with Crippen molar-refractivity contribution < 1.29 is 19.1 Å². The van der Waals surface area contributed by atoms with E-state index >= 15 is 0 Å². The van der Waals surface area contributed by atoms with E-state index < -0.39 is 4.92 Å². The Morgan fingerprint density at radius 2 is 2.06 bits per heavy atom. The highest BCUT2D eigenvalue weighted by atomic mass is 16.6. The van der Waals surface area contributed by atoms with E-state index in [0.29, 0.717) is 24.7 Å². The van der Waals surface area contributed by atoms with Gasteiger partial charge in [0.1, 0.15) is 6.10 Å². The Morgan fingerprint density at radius 3 is 2.67 bits per heavy atom. The van der Waals surface area contributed by atoms with Crippen molar-refractivity contribution in [2.45, 2.75) is 18.9 Å². The maximum absolute atomic E-state index is 10.7. The van der Waals surface area contributed by atoms with Crippen LogP contribution in [0.3, 0.4) is 0 Å². The minimum Gasteiger partial charge on any atom is -0.493 e. The molecule has 0 unspecified atom stereocenters. The normalized spacial score (nSPS) is 16.3. The summed E-state index contributed by atoms with van der Waals surface area (Å²) in [6, 6.07) is 4.34. The lowest BCUT2D eigenvalue weighted by molar-refractivity contribution is -0.385. The molecule has 1 aliphatic rings. The van der Waals surface area contributed by atoms with Crippen molar-refractivity contribution in [1.82, 2.24) is 0 Å². The first-order chi connectivity index (χ1) is 8.70. The Hall–Kier alpha value is -1.82. The molecule has 0 spiro atoms. The number of rotatable bonds is 4. The monoisotopic (exact) mass is 253 g/mol. The molecule has 0 bridgehead atoms. The van der Waals surface area contributed by atoms with Crippen molar-refractivity contribution in [3.8, 4) is 11.5 Å². The summed E-state index contributed by atoms with van der Waals surface area (Å²) in [5.74, 6) is 0.922. The van der Waals surface area contributed by atoms with Crippen LogP contribution in [0.25, 0.3) is 0 Å². The van der Waals surface area contributed by atoms with Crippen LogP contribution in [0.2, 0.25) is 0 Å². The molecule has 0 aromatic heterocycles. The first-order valence-corrected chi connectivity index (χ1v) is 5.77. The topological polar surface area (TPSA) is 70.8 Å². The number of ether oxygens (including phenoxy) is 3. The molecule has 0 saturated carbocycles. The Balaban J connectivity index is 2.17. The van der Waals surface area contributed by atoms with E-state index in [-0.39, 0.29) is 11.8 Å². The van der Waals surface area contributed by atoms with E-state index in [1.54, 1.807) is 6.07 Å². The van der Waals surface area contributed by atoms with Crippen molar-refractivity contribution >= 4 is 5.69 Å². The summed E-state index contributed by atoms with van der Waals surface area (Å²) in [4.78, 5) is 10.3. The molecule has 0 aliphatic carbocycles. The number of methoxy groups -OCH3 is 1. The summed E-state index contributed by atoms with van der Waals surface area (Å²) >= 11 is 0. The molecule has 1 aliphatic heterocycles. The minimum absolute atomic E-state index is 0.00198. The molecule has 6 nitrogen and oxygen atoms in total. The summed E-state index contributed by atoms with van der Waals surface area (Å²) in [6.07, 6.45) is 1.59. The van der Waals surface area contributed by atoms with Crippen molar-refractivity contribution in [3.63, 3.8) is 0 Å². The zero-order valence-corrected chi connectivity index (χ0v) is 10.1. The molecule has 0 N–H and O–H groups in total. The van der Waals surface area contributed by atoms with Crippen LogP contribution in [0.15, 0.2) is 18.2 Å². The van der Waals surface area contributed by atoms with Gasteiger partial charge in [-0.15, -0.1) is 0 Å². The van der Waals surface area contributed by atoms with Gasteiger partial charge in [-0.05, 0) is 6.07 Å². The molecule has 1 saturated heterocycles. The van der Waals surface area contributed by atoms with Gasteiger partial charge in [0.25, 0.3) is 5.69 Å². The molecule has 0 amide bonds. The van der Waals surface area contributed by atoms with E-state index in [1.807, 2.05) is 0 Å². The fraction of sp³-hybridized carbons (Fsp3) is 0.500. The Kier molecular flexibility index (Phi) is 3.99. The molecule has 6 heteroatoms. The number of nitro benzene ring substituents is 1. The smallest absolute Gasteiger partial charge is 0.273 e. The molecular weight excluding hydrogens is 238 g/mol. The van der Waals surface area contributed by atoms with Crippen molar-refractivity contribution in [3.05, 3.63) is 28.3 Å². The van der Waals surface area contributed by atoms with Crippen molar-refractivity contribution in [1.29, 1.82) is 0 Å². The average Bonchev–Trinajstić information content (AvgIpc) is 2.39. The highest BCUT2D eigenvalue weighted by molar-refractivity contribution is 5.48. The second-order valence-corrected chi connectivity index (χ2v) is 4.02. The molecule has 1 aromatic carbocycles. The van der Waals surface area contributed by atoms with E-state index in [1.165, 1.54) is 19.2 Å². The van der Waals surface area contributed by atoms with Gasteiger partial charge in [0.2, 0.25) is 0 Å². The lowest BCUT2D eigenvalue weighted by Gasteiger charge is -2.24. The van der Waals surface area contributed by atoms with Crippen molar-refractivity contribution in [2.75, 3.05) is 20.3 Å². The van der Waals surface area contributed by atoms with E-state index in [0.717, 1.165) is 12.8 Å². The quantitative estimate of drug-likeness (QED) is 0.607. The van der Waals surface area contributed by atoms with E-state index in [4.69, 9.17) is 14.2 Å². The van der Waals surface area contributed by atoms with Gasteiger partial charge in [0.05, 0.1) is 31.3 Å². The van der Waals surface area contributed by atoms with Gasteiger partial charge in [-0.2, -0.15) is 0 Å². The van der Waals surface area contributed by atoms with Crippen molar-refractivity contribution in [2.24, 2.45) is 0 Å². The van der Waals surface area contributed by atoms with Gasteiger partial charge in [-0.1, -0.05) is 0 Å². The predicted octanol–water partition coefficient (Wildman–Crippen LogP) is 2.16. The minimum atomic E-state index is -0.448. The largest absolute Gasteiger partial charge is 0.493 e. The van der Waals surface area contributed by atoms with Gasteiger partial charge in [0, 0.05) is 18.9 Å². The number of non-ortho nitro benzene ring substituents is 1. The third-order valence-corrected chi connectivity index (χ3v) is 2.82. The zero-order valence-electron chi connectivity index (χ0n) is 10.1. The van der Waals surface area contributed by atoms with Crippen LogP contribution in [0, 0.1) is 10.1 Å². The predicted molar refractivity (Wildman–Crippen MR) is 64.1 cm³/mol. The molecular formula is C12H15NO5. The van der Waals surface area contributed by atoms with Gasteiger partial charge in [0.15, 0.2) is 11.5 Å². The third kappa shape index (κ3) is 2.89. The number of nitro groups is 1.